The van der Waals surface area contributed by atoms with Crippen LogP contribution in [0.15, 0.2) is 12.4 Å². The van der Waals surface area contributed by atoms with Crippen LogP contribution in [0.1, 0.15) is 43.6 Å². The summed E-state index contributed by atoms with van der Waals surface area (Å²) in [6, 6.07) is 0. The molecule has 1 aromatic rings. The van der Waals surface area contributed by atoms with E-state index in [1.807, 2.05) is 4.90 Å². The lowest BCUT2D eigenvalue weighted by Gasteiger charge is -2.23. The number of carbonyl (C=O) groups is 1. The summed E-state index contributed by atoms with van der Waals surface area (Å²) in [5, 5.41) is 0. The van der Waals surface area contributed by atoms with Crippen LogP contribution < -0.4 is 5.73 Å². The van der Waals surface area contributed by atoms with Crippen molar-refractivity contribution in [2.75, 3.05) is 18.8 Å². The van der Waals surface area contributed by atoms with Gasteiger partial charge in [-0.15, -0.1) is 0 Å². The summed E-state index contributed by atoms with van der Waals surface area (Å²) >= 11 is 0. The minimum Gasteiger partial charge on any atom is -0.382 e. The van der Waals surface area contributed by atoms with Crippen molar-refractivity contribution in [3.63, 3.8) is 0 Å². The van der Waals surface area contributed by atoms with Crippen LogP contribution in [-0.4, -0.2) is 33.9 Å². The predicted octanol–water partition coefficient (Wildman–Crippen LogP) is 1.71. The largest absolute Gasteiger partial charge is 0.382 e. The smallest absolute Gasteiger partial charge is 0.274 e. The number of anilines is 1. The lowest BCUT2D eigenvalue weighted by molar-refractivity contribution is 0.0751. The molecule has 0 atom stereocenters. The molecule has 0 bridgehead atoms. The molecule has 98 valence electrons. The van der Waals surface area contributed by atoms with E-state index in [-0.39, 0.29) is 5.91 Å². The van der Waals surface area contributed by atoms with Crippen LogP contribution in [0.3, 0.4) is 0 Å². The topological polar surface area (TPSA) is 72.1 Å². The molecule has 1 fully saturated rings. The minimum absolute atomic E-state index is 0.0415. The normalized spacial score (nSPS) is 19.3. The third-order valence-corrected chi connectivity index (χ3v) is 3.52. The van der Waals surface area contributed by atoms with E-state index < -0.39 is 0 Å². The second-order valence-electron chi connectivity index (χ2n) is 5.64. The van der Waals surface area contributed by atoms with Gasteiger partial charge in [0, 0.05) is 13.1 Å². The number of aromatic nitrogens is 2. The summed E-state index contributed by atoms with van der Waals surface area (Å²) in [5.41, 5.74) is 6.17. The van der Waals surface area contributed by atoms with Gasteiger partial charge in [0.1, 0.15) is 11.5 Å². The monoisotopic (exact) mass is 248 g/mol. The molecule has 0 saturated carbocycles. The molecule has 2 N–H and O–H groups in total. The van der Waals surface area contributed by atoms with Crippen LogP contribution in [0.2, 0.25) is 0 Å². The lowest BCUT2D eigenvalue weighted by atomic mass is 9.85. The van der Waals surface area contributed by atoms with Crippen LogP contribution in [0.5, 0.6) is 0 Å². The van der Waals surface area contributed by atoms with E-state index in [9.17, 15) is 4.79 Å². The molecule has 5 heteroatoms. The molecule has 5 nitrogen and oxygen atoms in total. The third kappa shape index (κ3) is 2.97. The Morgan fingerprint density at radius 2 is 2.06 bits per heavy atom. The molecule has 2 heterocycles. The van der Waals surface area contributed by atoms with Crippen LogP contribution in [0.25, 0.3) is 0 Å². The van der Waals surface area contributed by atoms with Crippen molar-refractivity contribution >= 4 is 11.7 Å². The molecule has 1 saturated heterocycles. The fraction of sp³-hybridized carbons (Fsp3) is 0.615. The number of likely N-dealkylation sites (tertiary alicyclic amines) is 1. The quantitative estimate of drug-likeness (QED) is 0.821. The van der Waals surface area contributed by atoms with Gasteiger partial charge < -0.3 is 10.6 Å². The zero-order valence-electron chi connectivity index (χ0n) is 11.0. The number of carbonyl (C=O) groups excluding carboxylic acids is 1. The van der Waals surface area contributed by atoms with Gasteiger partial charge in [-0.1, -0.05) is 13.8 Å². The van der Waals surface area contributed by atoms with Gasteiger partial charge in [-0.2, -0.15) is 0 Å². The molecule has 1 amide bonds. The summed E-state index contributed by atoms with van der Waals surface area (Å²) in [7, 11) is 0. The van der Waals surface area contributed by atoms with E-state index in [0.717, 1.165) is 32.4 Å². The second kappa shape index (κ2) is 4.92. The summed E-state index contributed by atoms with van der Waals surface area (Å²) in [4.78, 5) is 22.1. The predicted molar refractivity (Wildman–Crippen MR) is 70.0 cm³/mol. The fourth-order valence-corrected chi connectivity index (χ4v) is 2.24. The average Bonchev–Trinajstić information content (AvgIpc) is 2.50. The zero-order chi connectivity index (χ0) is 13.2. The first-order chi connectivity index (χ1) is 8.48. The van der Waals surface area contributed by atoms with E-state index in [1.165, 1.54) is 12.4 Å². The number of nitrogen functional groups attached to an aromatic ring is 1. The maximum atomic E-state index is 12.3. The Morgan fingerprint density at radius 3 is 2.72 bits per heavy atom. The Kier molecular flexibility index (Phi) is 3.50. The molecule has 0 unspecified atom stereocenters. The number of hydrogen-bond acceptors (Lipinski definition) is 4. The highest BCUT2D eigenvalue weighted by Crippen LogP contribution is 2.30. The number of nitrogens with zero attached hydrogens (tertiary/aromatic N) is 3. The lowest BCUT2D eigenvalue weighted by Crippen LogP contribution is -2.33. The van der Waals surface area contributed by atoms with Crippen LogP contribution in [0.4, 0.5) is 5.82 Å². The number of nitrogens with two attached hydrogens (primary N) is 1. The third-order valence-electron chi connectivity index (χ3n) is 3.52. The van der Waals surface area contributed by atoms with Crippen LogP contribution in [0, 0.1) is 5.41 Å². The standard InChI is InChI=1S/C13H20N4O/c1-13(2)4-3-6-17(7-5-13)12(18)10-8-16-11(14)9-15-10/h8-9H,3-7H2,1-2H3,(H2,14,16). The Bertz CT molecular complexity index is 427. The van der Waals surface area contributed by atoms with E-state index in [4.69, 9.17) is 5.73 Å². The van der Waals surface area contributed by atoms with Crippen molar-refractivity contribution in [2.45, 2.75) is 33.1 Å². The number of amides is 1. The number of rotatable bonds is 1. The van der Waals surface area contributed by atoms with Gasteiger partial charge in [-0.3, -0.25) is 4.79 Å². The van der Waals surface area contributed by atoms with Gasteiger partial charge in [0.25, 0.3) is 5.91 Å². The van der Waals surface area contributed by atoms with Crippen molar-refractivity contribution < 1.29 is 4.79 Å². The molecule has 18 heavy (non-hydrogen) atoms. The summed E-state index contributed by atoms with van der Waals surface area (Å²) < 4.78 is 0. The van der Waals surface area contributed by atoms with Gasteiger partial charge in [0.05, 0.1) is 12.4 Å². The highest BCUT2D eigenvalue weighted by atomic mass is 16.2. The first kappa shape index (κ1) is 12.8. The van der Waals surface area contributed by atoms with E-state index in [0.29, 0.717) is 16.9 Å². The Hall–Kier alpha value is -1.65. The molecule has 1 aliphatic rings. The Labute approximate surface area is 107 Å². The van der Waals surface area contributed by atoms with Crippen LogP contribution in [-0.2, 0) is 0 Å². The first-order valence-electron chi connectivity index (χ1n) is 6.35. The molecular formula is C13H20N4O. The molecule has 0 aliphatic carbocycles. The second-order valence-corrected chi connectivity index (χ2v) is 5.64. The van der Waals surface area contributed by atoms with E-state index in [2.05, 4.69) is 23.8 Å². The van der Waals surface area contributed by atoms with E-state index >= 15 is 0 Å². The van der Waals surface area contributed by atoms with Crippen LogP contribution >= 0.6 is 0 Å². The van der Waals surface area contributed by atoms with Gasteiger partial charge in [-0.05, 0) is 24.7 Å². The van der Waals surface area contributed by atoms with Gasteiger partial charge >= 0.3 is 0 Å². The molecule has 1 aliphatic heterocycles. The maximum Gasteiger partial charge on any atom is 0.274 e. The highest BCUT2D eigenvalue weighted by Gasteiger charge is 2.26. The van der Waals surface area contributed by atoms with Crippen molar-refractivity contribution in [1.82, 2.24) is 14.9 Å². The Balaban J connectivity index is 2.07. The molecule has 2 rings (SSSR count). The molecular weight excluding hydrogens is 228 g/mol. The Morgan fingerprint density at radius 1 is 1.28 bits per heavy atom. The van der Waals surface area contributed by atoms with Gasteiger partial charge in [-0.25, -0.2) is 9.97 Å². The SMILES string of the molecule is CC1(C)CCCN(C(=O)c2cnc(N)cn2)CC1. The zero-order valence-corrected chi connectivity index (χ0v) is 11.0. The molecule has 1 aromatic heterocycles. The van der Waals surface area contributed by atoms with Crippen molar-refractivity contribution in [2.24, 2.45) is 5.41 Å². The first-order valence-corrected chi connectivity index (χ1v) is 6.35. The van der Waals surface area contributed by atoms with Crippen molar-refractivity contribution in [3.8, 4) is 0 Å². The van der Waals surface area contributed by atoms with Crippen molar-refractivity contribution in [3.05, 3.63) is 18.1 Å². The summed E-state index contributed by atoms with van der Waals surface area (Å²) in [6.45, 7) is 6.10. The maximum absolute atomic E-state index is 12.3. The fourth-order valence-electron chi connectivity index (χ4n) is 2.24. The molecule has 0 aromatic carbocycles. The van der Waals surface area contributed by atoms with Gasteiger partial charge in [0.2, 0.25) is 0 Å². The highest BCUT2D eigenvalue weighted by molar-refractivity contribution is 5.92. The van der Waals surface area contributed by atoms with Crippen molar-refractivity contribution in [1.29, 1.82) is 0 Å². The summed E-state index contributed by atoms with van der Waals surface area (Å²) in [5.74, 6) is 0.295. The molecule has 0 radical (unpaired) electrons. The average molecular weight is 248 g/mol. The van der Waals surface area contributed by atoms with Gasteiger partial charge in [0.15, 0.2) is 0 Å². The molecule has 0 spiro atoms. The van der Waals surface area contributed by atoms with E-state index in [1.54, 1.807) is 0 Å². The summed E-state index contributed by atoms with van der Waals surface area (Å²) in [6.07, 6.45) is 6.11. The number of hydrogen-bond donors (Lipinski definition) is 1. The minimum atomic E-state index is -0.0415.